The zero-order valence-corrected chi connectivity index (χ0v) is 9.62. The second-order valence-electron chi connectivity index (χ2n) is 3.09. The molecule has 0 aliphatic heterocycles. The molecule has 1 aromatic heterocycles. The van der Waals surface area contributed by atoms with Crippen molar-refractivity contribution in [1.82, 2.24) is 4.98 Å². The number of carboxylic acids is 1. The summed E-state index contributed by atoms with van der Waals surface area (Å²) in [6.45, 7) is 0.790. The SMILES string of the molecule is CSCCN(C)c1ncccc1C(=O)O. The van der Waals surface area contributed by atoms with Gasteiger partial charge in [-0.25, -0.2) is 9.78 Å². The lowest BCUT2D eigenvalue weighted by Crippen LogP contribution is -2.23. The van der Waals surface area contributed by atoms with Gasteiger partial charge in [0.05, 0.1) is 0 Å². The summed E-state index contributed by atoms with van der Waals surface area (Å²) in [5, 5.41) is 8.97. The first-order valence-electron chi connectivity index (χ1n) is 4.55. The predicted octanol–water partition coefficient (Wildman–Crippen LogP) is 1.58. The zero-order valence-electron chi connectivity index (χ0n) is 8.80. The molecule has 1 heterocycles. The molecule has 0 aliphatic rings. The molecule has 15 heavy (non-hydrogen) atoms. The van der Waals surface area contributed by atoms with Crippen LogP contribution >= 0.6 is 11.8 Å². The number of nitrogens with zero attached hydrogens (tertiary/aromatic N) is 2. The third kappa shape index (κ3) is 3.13. The number of pyridine rings is 1. The quantitative estimate of drug-likeness (QED) is 0.826. The Morgan fingerprint density at radius 3 is 3.00 bits per heavy atom. The summed E-state index contributed by atoms with van der Waals surface area (Å²) in [5.74, 6) is 0.541. The fraction of sp³-hybridized carbons (Fsp3) is 0.400. The summed E-state index contributed by atoms with van der Waals surface area (Å²) in [6.07, 6.45) is 3.63. The summed E-state index contributed by atoms with van der Waals surface area (Å²) >= 11 is 1.72. The normalized spacial score (nSPS) is 10.0. The number of carbonyl (C=O) groups is 1. The molecule has 1 aromatic rings. The summed E-state index contributed by atoms with van der Waals surface area (Å²) in [7, 11) is 1.85. The number of aromatic carboxylic acids is 1. The van der Waals surface area contributed by atoms with Crippen molar-refractivity contribution in [3.8, 4) is 0 Å². The highest BCUT2D eigenvalue weighted by Gasteiger charge is 2.13. The van der Waals surface area contributed by atoms with Crippen LogP contribution in [0.4, 0.5) is 5.82 Å². The van der Waals surface area contributed by atoms with Gasteiger partial charge in [-0.15, -0.1) is 0 Å². The van der Waals surface area contributed by atoms with Gasteiger partial charge in [-0.3, -0.25) is 0 Å². The molecule has 1 rings (SSSR count). The van der Waals surface area contributed by atoms with Gasteiger partial charge in [-0.05, 0) is 18.4 Å². The zero-order chi connectivity index (χ0) is 11.3. The van der Waals surface area contributed by atoms with E-state index in [0.29, 0.717) is 5.82 Å². The maximum atomic E-state index is 10.9. The van der Waals surface area contributed by atoms with Gasteiger partial charge in [-0.1, -0.05) is 0 Å². The Hall–Kier alpha value is -1.23. The highest BCUT2D eigenvalue weighted by Crippen LogP contribution is 2.15. The highest BCUT2D eigenvalue weighted by atomic mass is 32.2. The van der Waals surface area contributed by atoms with E-state index in [0.717, 1.165) is 12.3 Å². The first kappa shape index (κ1) is 11.8. The van der Waals surface area contributed by atoms with E-state index in [4.69, 9.17) is 5.11 Å². The average molecular weight is 226 g/mol. The van der Waals surface area contributed by atoms with Crippen LogP contribution in [-0.4, -0.2) is 41.7 Å². The molecule has 0 aromatic carbocycles. The van der Waals surface area contributed by atoms with Crippen LogP contribution in [-0.2, 0) is 0 Å². The Morgan fingerprint density at radius 1 is 1.67 bits per heavy atom. The van der Waals surface area contributed by atoms with Gasteiger partial charge < -0.3 is 10.0 Å². The lowest BCUT2D eigenvalue weighted by molar-refractivity contribution is 0.0697. The summed E-state index contributed by atoms with van der Waals surface area (Å²) in [6, 6.07) is 3.20. The summed E-state index contributed by atoms with van der Waals surface area (Å²) < 4.78 is 0. The third-order valence-corrected chi connectivity index (χ3v) is 2.60. The molecule has 1 N–H and O–H groups in total. The summed E-state index contributed by atoms with van der Waals surface area (Å²) in [4.78, 5) is 16.9. The largest absolute Gasteiger partial charge is 0.478 e. The Labute approximate surface area is 93.3 Å². The van der Waals surface area contributed by atoms with Gasteiger partial charge in [0.15, 0.2) is 0 Å². The van der Waals surface area contributed by atoms with Gasteiger partial charge in [-0.2, -0.15) is 11.8 Å². The lowest BCUT2D eigenvalue weighted by atomic mass is 10.2. The molecule has 4 nitrogen and oxygen atoms in total. The van der Waals surface area contributed by atoms with E-state index in [9.17, 15) is 4.79 Å². The monoisotopic (exact) mass is 226 g/mol. The minimum absolute atomic E-state index is 0.251. The molecule has 0 aliphatic carbocycles. The molecule has 0 fully saturated rings. The van der Waals surface area contributed by atoms with Crippen molar-refractivity contribution in [2.24, 2.45) is 0 Å². The van der Waals surface area contributed by atoms with Gasteiger partial charge in [0.25, 0.3) is 0 Å². The molecular weight excluding hydrogens is 212 g/mol. The van der Waals surface area contributed by atoms with E-state index in [1.165, 1.54) is 0 Å². The maximum Gasteiger partial charge on any atom is 0.339 e. The van der Waals surface area contributed by atoms with Crippen molar-refractivity contribution in [3.63, 3.8) is 0 Å². The van der Waals surface area contributed by atoms with Gasteiger partial charge in [0, 0.05) is 25.5 Å². The molecule has 0 radical (unpaired) electrons. The fourth-order valence-electron chi connectivity index (χ4n) is 1.20. The molecule has 0 amide bonds. The first-order chi connectivity index (χ1) is 7.16. The van der Waals surface area contributed by atoms with E-state index in [1.54, 1.807) is 30.1 Å². The van der Waals surface area contributed by atoms with Crippen LogP contribution in [0.5, 0.6) is 0 Å². The number of thioether (sulfide) groups is 1. The van der Waals surface area contributed by atoms with Crippen LogP contribution in [0.15, 0.2) is 18.3 Å². The number of rotatable bonds is 5. The topological polar surface area (TPSA) is 53.4 Å². The molecule has 0 unspecified atom stereocenters. The predicted molar refractivity (Wildman–Crippen MR) is 62.8 cm³/mol. The number of hydrogen-bond acceptors (Lipinski definition) is 4. The van der Waals surface area contributed by atoms with E-state index < -0.39 is 5.97 Å². The minimum atomic E-state index is -0.936. The van der Waals surface area contributed by atoms with E-state index in [-0.39, 0.29) is 5.56 Å². The average Bonchev–Trinajstić information content (AvgIpc) is 2.25. The van der Waals surface area contributed by atoms with Crippen molar-refractivity contribution in [2.45, 2.75) is 0 Å². The number of aromatic nitrogens is 1. The molecule has 0 atom stereocenters. The van der Waals surface area contributed by atoms with Crippen LogP contribution in [0.1, 0.15) is 10.4 Å². The highest BCUT2D eigenvalue weighted by molar-refractivity contribution is 7.98. The van der Waals surface area contributed by atoms with Crippen molar-refractivity contribution in [1.29, 1.82) is 0 Å². The molecule has 0 spiro atoms. The Morgan fingerprint density at radius 2 is 2.40 bits per heavy atom. The number of hydrogen-bond donors (Lipinski definition) is 1. The molecular formula is C10H14N2O2S. The van der Waals surface area contributed by atoms with Gasteiger partial charge in [0.1, 0.15) is 11.4 Å². The minimum Gasteiger partial charge on any atom is -0.478 e. The standard InChI is InChI=1S/C10H14N2O2S/c1-12(6-7-15-2)9-8(10(13)14)4-3-5-11-9/h3-5H,6-7H2,1-2H3,(H,13,14). The van der Waals surface area contributed by atoms with E-state index >= 15 is 0 Å². The van der Waals surface area contributed by atoms with E-state index in [2.05, 4.69) is 4.98 Å². The van der Waals surface area contributed by atoms with E-state index in [1.807, 2.05) is 18.2 Å². The van der Waals surface area contributed by atoms with Crippen molar-refractivity contribution in [3.05, 3.63) is 23.9 Å². The van der Waals surface area contributed by atoms with Crippen LogP contribution in [0.3, 0.4) is 0 Å². The molecule has 0 saturated carbocycles. The molecule has 0 saturated heterocycles. The third-order valence-electron chi connectivity index (χ3n) is 2.01. The van der Waals surface area contributed by atoms with Crippen molar-refractivity contribution < 1.29 is 9.90 Å². The first-order valence-corrected chi connectivity index (χ1v) is 5.94. The number of anilines is 1. The second kappa shape index (κ2) is 5.60. The fourth-order valence-corrected chi connectivity index (χ4v) is 1.66. The Bertz CT molecular complexity index is 344. The molecule has 0 bridgehead atoms. The van der Waals surface area contributed by atoms with Crippen LogP contribution in [0, 0.1) is 0 Å². The molecule has 5 heteroatoms. The maximum absolute atomic E-state index is 10.9. The summed E-state index contributed by atoms with van der Waals surface area (Å²) in [5.41, 5.74) is 0.251. The Kier molecular flexibility index (Phi) is 4.42. The lowest BCUT2D eigenvalue weighted by Gasteiger charge is -2.18. The molecule has 82 valence electrons. The van der Waals surface area contributed by atoms with Crippen molar-refractivity contribution >= 4 is 23.5 Å². The van der Waals surface area contributed by atoms with Gasteiger partial charge >= 0.3 is 5.97 Å². The smallest absolute Gasteiger partial charge is 0.339 e. The van der Waals surface area contributed by atoms with Crippen LogP contribution in [0.2, 0.25) is 0 Å². The van der Waals surface area contributed by atoms with Crippen LogP contribution in [0.25, 0.3) is 0 Å². The van der Waals surface area contributed by atoms with Crippen LogP contribution < -0.4 is 4.90 Å². The van der Waals surface area contributed by atoms with Gasteiger partial charge in [0.2, 0.25) is 0 Å². The number of carboxylic acid groups (broad SMARTS) is 1. The second-order valence-corrected chi connectivity index (χ2v) is 4.08. The van der Waals surface area contributed by atoms with Crippen molar-refractivity contribution in [2.75, 3.05) is 30.5 Å². The Balaban J connectivity index is 2.87.